The minimum Gasteiger partial charge on any atom is -0.489 e. The van der Waals surface area contributed by atoms with Crippen molar-refractivity contribution in [2.45, 2.75) is 78.0 Å². The molecule has 15 heteroatoms. The van der Waals surface area contributed by atoms with Gasteiger partial charge in [0, 0.05) is 48.2 Å². The molecule has 4 unspecified atom stereocenters. The fourth-order valence-electron chi connectivity index (χ4n) is 6.72. The van der Waals surface area contributed by atoms with Crippen molar-refractivity contribution in [3.63, 3.8) is 0 Å². The Labute approximate surface area is 324 Å². The molecule has 0 radical (unpaired) electrons. The van der Waals surface area contributed by atoms with E-state index >= 15 is 0 Å². The lowest BCUT2D eigenvalue weighted by Gasteiger charge is -2.33. The number of hydrogen-bond acceptors (Lipinski definition) is 9. The van der Waals surface area contributed by atoms with Gasteiger partial charge in [-0.1, -0.05) is 56.6 Å². The predicted molar refractivity (Wildman–Crippen MR) is 211 cm³/mol. The first kappa shape index (κ1) is 39.2. The fraction of sp³-hybridized carbons (Fsp3) is 0.436. The number of rotatable bonds is 13. The molecule has 4 atom stereocenters. The van der Waals surface area contributed by atoms with Crippen LogP contribution in [0.15, 0.2) is 72.7 Å². The molecule has 1 aliphatic carbocycles. The highest BCUT2D eigenvalue weighted by atomic mass is 35.5. The molecular weight excluding hydrogens is 728 g/mol. The number of quaternary nitrogens is 1. The monoisotopic (exact) mass is 777 g/mol. The molecule has 0 saturated carbocycles. The first-order valence-corrected chi connectivity index (χ1v) is 20.2. The number of fused-ring (bicyclic) bond motifs is 2. The molecule has 2 aromatic heterocycles. The fourth-order valence-corrected chi connectivity index (χ4v) is 7.20. The van der Waals surface area contributed by atoms with E-state index in [0.29, 0.717) is 46.9 Å². The maximum atomic E-state index is 13.7. The highest BCUT2D eigenvalue weighted by Gasteiger charge is 2.31. The SMILES string of the molecule is CC1CCCCN1c1nnc2ccc(OC3CCC(NC(=O)NC(=CC(=N)C(C)(C)C)[NH2+]c4ccc(Cl)c(OCCOS(C)=O)c4)c4ccccc43)cn12. The van der Waals surface area contributed by atoms with E-state index in [2.05, 4.69) is 38.7 Å². The predicted octanol–water partition coefficient (Wildman–Crippen LogP) is 6.51. The van der Waals surface area contributed by atoms with Crippen LogP contribution in [0.25, 0.3) is 5.65 Å². The molecule has 1 fully saturated rings. The number of halogens is 1. The van der Waals surface area contributed by atoms with Gasteiger partial charge in [-0.25, -0.2) is 9.00 Å². The van der Waals surface area contributed by atoms with Crippen molar-refractivity contribution in [2.24, 2.45) is 5.41 Å². The summed E-state index contributed by atoms with van der Waals surface area (Å²) in [7, 11) is 0. The van der Waals surface area contributed by atoms with E-state index in [9.17, 15) is 9.00 Å². The summed E-state index contributed by atoms with van der Waals surface area (Å²) in [5.41, 5.74) is 3.38. The van der Waals surface area contributed by atoms with Crippen LogP contribution in [0.5, 0.6) is 11.5 Å². The van der Waals surface area contributed by atoms with E-state index < -0.39 is 22.5 Å². The van der Waals surface area contributed by atoms with Crippen molar-refractivity contribution in [3.05, 3.63) is 88.8 Å². The molecule has 288 valence electrons. The van der Waals surface area contributed by atoms with Crippen LogP contribution in [0.2, 0.25) is 5.02 Å². The van der Waals surface area contributed by atoms with Crippen LogP contribution < -0.4 is 30.3 Å². The average Bonchev–Trinajstić information content (AvgIpc) is 3.55. The number of benzene rings is 2. The van der Waals surface area contributed by atoms with Crippen molar-refractivity contribution >= 4 is 51.7 Å². The zero-order chi connectivity index (χ0) is 38.4. The van der Waals surface area contributed by atoms with Gasteiger partial charge >= 0.3 is 6.03 Å². The van der Waals surface area contributed by atoms with Crippen LogP contribution in [-0.4, -0.2) is 62.6 Å². The van der Waals surface area contributed by atoms with E-state index in [1.165, 1.54) is 12.7 Å². The molecular formula is C39H50ClN8O5S+. The Morgan fingerprint density at radius 1 is 1.07 bits per heavy atom. The molecule has 13 nitrogen and oxygen atoms in total. The summed E-state index contributed by atoms with van der Waals surface area (Å²) in [4.78, 5) is 16.0. The lowest BCUT2D eigenvalue weighted by Crippen LogP contribution is -2.79. The second-order valence-corrected chi connectivity index (χ2v) is 16.2. The van der Waals surface area contributed by atoms with E-state index in [-0.39, 0.29) is 25.4 Å². The van der Waals surface area contributed by atoms with Crippen LogP contribution in [0.4, 0.5) is 16.4 Å². The summed E-state index contributed by atoms with van der Waals surface area (Å²) < 4.78 is 30.7. The average molecular weight is 778 g/mol. The van der Waals surface area contributed by atoms with E-state index in [4.69, 9.17) is 30.7 Å². The Bertz CT molecular complexity index is 2030. The van der Waals surface area contributed by atoms with Crippen LogP contribution >= 0.6 is 11.6 Å². The third-order valence-corrected chi connectivity index (χ3v) is 10.5. The van der Waals surface area contributed by atoms with Crippen LogP contribution in [0.3, 0.4) is 0 Å². The molecule has 6 rings (SSSR count). The number of allylic oxidation sites excluding steroid dienone is 1. The normalized spacial score (nSPS) is 19.6. The van der Waals surface area contributed by atoms with Gasteiger partial charge in [-0.05, 0) is 68.4 Å². The van der Waals surface area contributed by atoms with Gasteiger partial charge in [0.25, 0.3) is 0 Å². The quantitative estimate of drug-likeness (QED) is 0.0680. The van der Waals surface area contributed by atoms with Gasteiger partial charge in [0.1, 0.15) is 29.9 Å². The smallest absolute Gasteiger partial charge is 0.323 e. The molecule has 3 heterocycles. The minimum atomic E-state index is -1.40. The zero-order valence-corrected chi connectivity index (χ0v) is 33.0. The Balaban J connectivity index is 1.15. The summed E-state index contributed by atoms with van der Waals surface area (Å²) in [5.74, 6) is 2.41. The molecule has 2 aromatic carbocycles. The first-order valence-electron chi connectivity index (χ1n) is 18.3. The summed E-state index contributed by atoms with van der Waals surface area (Å²) >= 11 is 4.99. The number of anilines is 1. The Kier molecular flexibility index (Phi) is 12.6. The maximum absolute atomic E-state index is 13.7. The topological polar surface area (TPSA) is 160 Å². The number of aromatic nitrogens is 3. The van der Waals surface area contributed by atoms with Gasteiger partial charge in [-0.2, -0.15) is 0 Å². The van der Waals surface area contributed by atoms with Gasteiger partial charge in [0.05, 0.1) is 23.9 Å². The Morgan fingerprint density at radius 3 is 2.63 bits per heavy atom. The van der Waals surface area contributed by atoms with Crippen LogP contribution in [-0.2, 0) is 15.3 Å². The van der Waals surface area contributed by atoms with Crippen molar-refractivity contribution in [2.75, 3.05) is 30.9 Å². The molecule has 2 aliphatic rings. The third-order valence-electron chi connectivity index (χ3n) is 9.67. The van der Waals surface area contributed by atoms with E-state index in [0.717, 1.165) is 47.9 Å². The minimum absolute atomic E-state index is 0.137. The summed E-state index contributed by atoms with van der Waals surface area (Å²) in [6.45, 7) is 9.32. The molecule has 0 bridgehead atoms. The number of carbonyl (C=O) groups is 1. The van der Waals surface area contributed by atoms with Crippen molar-refractivity contribution in [1.82, 2.24) is 25.2 Å². The number of ether oxygens (including phenoxy) is 2. The van der Waals surface area contributed by atoms with Crippen molar-refractivity contribution in [3.8, 4) is 11.5 Å². The van der Waals surface area contributed by atoms with E-state index in [1.807, 2.05) is 61.7 Å². The second kappa shape index (κ2) is 17.3. The van der Waals surface area contributed by atoms with Crippen molar-refractivity contribution < 1.29 is 28.0 Å². The third kappa shape index (κ3) is 9.78. The number of pyridine rings is 1. The largest absolute Gasteiger partial charge is 0.489 e. The van der Waals surface area contributed by atoms with Crippen LogP contribution in [0, 0.1) is 10.8 Å². The second-order valence-electron chi connectivity index (χ2n) is 14.8. The molecule has 1 saturated heterocycles. The molecule has 2 amide bonds. The Hall–Kier alpha value is -4.50. The Morgan fingerprint density at radius 2 is 1.87 bits per heavy atom. The lowest BCUT2D eigenvalue weighted by molar-refractivity contribution is -0.522. The zero-order valence-electron chi connectivity index (χ0n) is 31.4. The molecule has 1 aliphatic heterocycles. The number of piperidine rings is 1. The summed E-state index contributed by atoms with van der Waals surface area (Å²) in [6.07, 6.45) is 9.72. The van der Waals surface area contributed by atoms with Gasteiger partial charge < -0.3 is 25.1 Å². The molecule has 0 spiro atoms. The highest BCUT2D eigenvalue weighted by molar-refractivity contribution is 7.79. The van der Waals surface area contributed by atoms with Crippen LogP contribution in [0.1, 0.15) is 83.1 Å². The highest BCUT2D eigenvalue weighted by Crippen LogP contribution is 2.39. The first-order chi connectivity index (χ1) is 25.9. The molecule has 5 N–H and O–H groups in total. The number of carbonyl (C=O) groups excluding carboxylic acids is 1. The standard InChI is InChI=1S/C39H49ClN8O5S/c1-25-10-8-9-19-47(25)38-46-45-36-18-14-27(24-48(36)38)53-32-17-16-31(28-11-6-7-12-29(28)32)43-37(49)44-35(23-34(41)39(2,3)4)42-26-13-15-30(40)33(22-26)51-20-21-52-54(5)50/h6-7,11-15,18,22-25,31-32,41-42H,8-10,16-17,19-21H2,1-5H3,(H2,43,44,49)/p+1. The maximum Gasteiger partial charge on any atom is 0.323 e. The van der Waals surface area contributed by atoms with Gasteiger partial charge in [0.2, 0.25) is 11.8 Å². The molecule has 4 aromatic rings. The lowest BCUT2D eigenvalue weighted by atomic mass is 9.85. The van der Waals surface area contributed by atoms with E-state index in [1.54, 1.807) is 29.6 Å². The summed E-state index contributed by atoms with van der Waals surface area (Å²) in [5, 5.41) is 26.0. The molecule has 54 heavy (non-hydrogen) atoms. The number of urea groups is 1. The number of amides is 2. The number of nitrogens with one attached hydrogen (secondary N) is 3. The summed E-state index contributed by atoms with van der Waals surface area (Å²) in [6, 6.07) is 16.9. The van der Waals surface area contributed by atoms with Gasteiger partial charge in [-0.3, -0.25) is 19.2 Å². The number of nitrogens with two attached hydrogens (primary N) is 1. The number of hydrogen-bond donors (Lipinski definition) is 4. The van der Waals surface area contributed by atoms with Gasteiger partial charge in [-0.15, -0.1) is 10.2 Å². The van der Waals surface area contributed by atoms with Gasteiger partial charge in [0.15, 0.2) is 16.7 Å². The van der Waals surface area contributed by atoms with Crippen molar-refractivity contribution in [1.29, 1.82) is 5.41 Å². The number of nitrogens with zero attached hydrogens (tertiary/aromatic N) is 4.